The number of ether oxygens (including phenoxy) is 1. The Balaban J connectivity index is 1.50. The first kappa shape index (κ1) is 21.2. The Hall–Kier alpha value is -4.00. The summed E-state index contributed by atoms with van der Waals surface area (Å²) in [5.74, 6) is 0.196. The molecule has 0 spiro atoms. The fourth-order valence-corrected chi connectivity index (χ4v) is 3.32. The van der Waals surface area contributed by atoms with Gasteiger partial charge in [0, 0.05) is 11.8 Å². The Morgan fingerprint density at radius 3 is 2.59 bits per heavy atom. The van der Waals surface area contributed by atoms with Gasteiger partial charge < -0.3 is 15.0 Å². The molecule has 32 heavy (non-hydrogen) atoms. The minimum absolute atomic E-state index is 0.341. The molecule has 0 aliphatic carbocycles. The SMILES string of the molecule is CCC(OC(=O)c1ccc2nc(-c3ccc(C)cc3)[nH]c2c1)C(=O)Nc1ncccc1C. The molecule has 0 saturated carbocycles. The van der Waals surface area contributed by atoms with E-state index in [2.05, 4.69) is 20.3 Å². The molecule has 0 saturated heterocycles. The van der Waals surface area contributed by atoms with Gasteiger partial charge in [-0.05, 0) is 50.1 Å². The van der Waals surface area contributed by atoms with Crippen molar-refractivity contribution in [3.8, 4) is 11.4 Å². The number of aryl methyl sites for hydroxylation is 2. The molecule has 0 fully saturated rings. The standard InChI is InChI=1S/C25H24N4O3/c1-4-21(24(30)29-22-16(3)6-5-13-26-22)32-25(31)18-11-12-19-20(14-18)28-23(27-19)17-9-7-15(2)8-10-17/h5-14,21H,4H2,1-3H3,(H,27,28)(H,26,29,30). The minimum atomic E-state index is -0.926. The Morgan fingerprint density at radius 1 is 1.09 bits per heavy atom. The van der Waals surface area contributed by atoms with Gasteiger partial charge in [0.15, 0.2) is 6.10 Å². The van der Waals surface area contributed by atoms with Crippen LogP contribution in [-0.4, -0.2) is 32.9 Å². The summed E-state index contributed by atoms with van der Waals surface area (Å²) < 4.78 is 5.50. The number of amides is 1. The minimum Gasteiger partial charge on any atom is -0.449 e. The Kier molecular flexibility index (Phi) is 5.98. The third-order valence-electron chi connectivity index (χ3n) is 5.21. The van der Waals surface area contributed by atoms with Crippen LogP contribution in [0.1, 0.15) is 34.8 Å². The third-order valence-corrected chi connectivity index (χ3v) is 5.21. The van der Waals surface area contributed by atoms with Crippen LogP contribution in [0.2, 0.25) is 0 Å². The normalized spacial score (nSPS) is 11.8. The van der Waals surface area contributed by atoms with Crippen molar-refractivity contribution in [1.29, 1.82) is 0 Å². The molecule has 0 bridgehead atoms. The van der Waals surface area contributed by atoms with Crippen molar-refractivity contribution in [3.05, 3.63) is 77.5 Å². The molecule has 4 rings (SSSR count). The quantitative estimate of drug-likeness (QED) is 0.429. The molecular formula is C25H24N4O3. The molecule has 2 aromatic carbocycles. The number of rotatable bonds is 6. The molecule has 7 heteroatoms. The summed E-state index contributed by atoms with van der Waals surface area (Å²) in [6.45, 7) is 5.66. The van der Waals surface area contributed by atoms with Gasteiger partial charge in [-0.25, -0.2) is 14.8 Å². The summed E-state index contributed by atoms with van der Waals surface area (Å²) in [6, 6.07) is 16.8. The molecular weight excluding hydrogens is 404 g/mol. The van der Waals surface area contributed by atoms with Gasteiger partial charge >= 0.3 is 5.97 Å². The van der Waals surface area contributed by atoms with Crippen LogP contribution < -0.4 is 5.32 Å². The highest BCUT2D eigenvalue weighted by atomic mass is 16.5. The number of fused-ring (bicyclic) bond motifs is 1. The fraction of sp³-hybridized carbons (Fsp3) is 0.200. The van der Waals surface area contributed by atoms with Crippen LogP contribution in [-0.2, 0) is 9.53 Å². The van der Waals surface area contributed by atoms with Crippen molar-refractivity contribution in [2.75, 3.05) is 5.32 Å². The Morgan fingerprint density at radius 2 is 1.88 bits per heavy atom. The number of H-pyrrole nitrogens is 1. The number of imidazole rings is 1. The summed E-state index contributed by atoms with van der Waals surface area (Å²) in [5, 5.41) is 2.73. The molecule has 2 heterocycles. The molecule has 162 valence electrons. The van der Waals surface area contributed by atoms with E-state index in [1.54, 1.807) is 37.4 Å². The van der Waals surface area contributed by atoms with Gasteiger partial charge in [-0.2, -0.15) is 0 Å². The summed E-state index contributed by atoms with van der Waals surface area (Å²) in [6.07, 6.45) is 1.01. The maximum absolute atomic E-state index is 12.7. The smallest absolute Gasteiger partial charge is 0.338 e. The molecule has 1 amide bonds. The van der Waals surface area contributed by atoms with E-state index in [1.807, 2.05) is 44.2 Å². The van der Waals surface area contributed by atoms with Gasteiger partial charge in [0.2, 0.25) is 0 Å². The number of nitrogens with one attached hydrogen (secondary N) is 2. The maximum atomic E-state index is 12.7. The third kappa shape index (κ3) is 4.51. The number of hydrogen-bond donors (Lipinski definition) is 2. The summed E-state index contributed by atoms with van der Waals surface area (Å²) >= 11 is 0. The molecule has 4 aromatic rings. The van der Waals surface area contributed by atoms with E-state index < -0.39 is 18.0 Å². The van der Waals surface area contributed by atoms with Crippen molar-refractivity contribution in [3.63, 3.8) is 0 Å². The van der Waals surface area contributed by atoms with Crippen LogP contribution in [0.5, 0.6) is 0 Å². The molecule has 0 aliphatic heterocycles. The maximum Gasteiger partial charge on any atom is 0.338 e. The second kappa shape index (κ2) is 9.01. The zero-order valence-corrected chi connectivity index (χ0v) is 18.2. The van der Waals surface area contributed by atoms with E-state index in [0.29, 0.717) is 17.8 Å². The predicted molar refractivity (Wildman–Crippen MR) is 123 cm³/mol. The van der Waals surface area contributed by atoms with Crippen LogP contribution in [0.4, 0.5) is 5.82 Å². The lowest BCUT2D eigenvalue weighted by molar-refractivity contribution is -0.124. The van der Waals surface area contributed by atoms with Crippen LogP contribution in [0.3, 0.4) is 0 Å². The Labute approximate surface area is 185 Å². The van der Waals surface area contributed by atoms with Crippen molar-refractivity contribution in [1.82, 2.24) is 15.0 Å². The fourth-order valence-electron chi connectivity index (χ4n) is 3.32. The van der Waals surface area contributed by atoms with Crippen molar-refractivity contribution in [2.45, 2.75) is 33.3 Å². The zero-order valence-electron chi connectivity index (χ0n) is 18.2. The molecule has 2 N–H and O–H groups in total. The number of hydrogen-bond acceptors (Lipinski definition) is 5. The number of aromatic amines is 1. The van der Waals surface area contributed by atoms with Crippen molar-refractivity contribution in [2.24, 2.45) is 0 Å². The van der Waals surface area contributed by atoms with Gasteiger partial charge in [-0.1, -0.05) is 42.8 Å². The number of benzene rings is 2. The van der Waals surface area contributed by atoms with Crippen LogP contribution in [0.15, 0.2) is 60.8 Å². The van der Waals surface area contributed by atoms with Gasteiger partial charge in [-0.3, -0.25) is 4.79 Å². The molecule has 7 nitrogen and oxygen atoms in total. The summed E-state index contributed by atoms with van der Waals surface area (Å²) in [7, 11) is 0. The van der Waals surface area contributed by atoms with E-state index in [1.165, 1.54) is 5.56 Å². The summed E-state index contributed by atoms with van der Waals surface area (Å²) in [4.78, 5) is 37.4. The number of pyridine rings is 1. The van der Waals surface area contributed by atoms with E-state index in [-0.39, 0.29) is 0 Å². The first-order chi connectivity index (χ1) is 15.4. The Bertz CT molecular complexity index is 1280. The lowest BCUT2D eigenvalue weighted by atomic mass is 10.1. The number of esters is 1. The van der Waals surface area contributed by atoms with Crippen LogP contribution in [0, 0.1) is 13.8 Å². The number of carbonyl (C=O) groups excluding carboxylic acids is 2. The summed E-state index contributed by atoms with van der Waals surface area (Å²) in [5.41, 5.74) is 4.77. The van der Waals surface area contributed by atoms with Gasteiger partial charge in [-0.15, -0.1) is 0 Å². The average molecular weight is 428 g/mol. The first-order valence-corrected chi connectivity index (χ1v) is 10.4. The highest BCUT2D eigenvalue weighted by Crippen LogP contribution is 2.22. The molecule has 0 aliphatic rings. The van der Waals surface area contributed by atoms with Crippen molar-refractivity contribution < 1.29 is 14.3 Å². The zero-order chi connectivity index (χ0) is 22.7. The van der Waals surface area contributed by atoms with Gasteiger partial charge in [0.25, 0.3) is 5.91 Å². The molecule has 1 atom stereocenters. The second-order valence-corrected chi connectivity index (χ2v) is 7.64. The van der Waals surface area contributed by atoms with E-state index in [9.17, 15) is 9.59 Å². The predicted octanol–water partition coefficient (Wildman–Crippen LogP) is 4.82. The lowest BCUT2D eigenvalue weighted by Gasteiger charge is -2.16. The van der Waals surface area contributed by atoms with E-state index in [4.69, 9.17) is 4.74 Å². The van der Waals surface area contributed by atoms with Gasteiger partial charge in [0.1, 0.15) is 11.6 Å². The van der Waals surface area contributed by atoms with E-state index in [0.717, 1.165) is 28.0 Å². The lowest BCUT2D eigenvalue weighted by Crippen LogP contribution is -2.32. The van der Waals surface area contributed by atoms with Crippen molar-refractivity contribution >= 4 is 28.7 Å². The number of carbonyl (C=O) groups is 2. The highest BCUT2D eigenvalue weighted by molar-refractivity contribution is 5.98. The molecule has 0 radical (unpaired) electrons. The second-order valence-electron chi connectivity index (χ2n) is 7.64. The average Bonchev–Trinajstić information content (AvgIpc) is 3.22. The molecule has 1 unspecified atom stereocenters. The monoisotopic (exact) mass is 428 g/mol. The highest BCUT2D eigenvalue weighted by Gasteiger charge is 2.23. The number of nitrogens with zero attached hydrogens (tertiary/aromatic N) is 2. The van der Waals surface area contributed by atoms with Gasteiger partial charge in [0.05, 0.1) is 16.6 Å². The van der Waals surface area contributed by atoms with Crippen LogP contribution in [0.25, 0.3) is 22.4 Å². The van der Waals surface area contributed by atoms with Crippen LogP contribution >= 0.6 is 0 Å². The largest absolute Gasteiger partial charge is 0.449 e. The topological polar surface area (TPSA) is 97.0 Å². The molecule has 2 aromatic heterocycles. The first-order valence-electron chi connectivity index (χ1n) is 10.4. The number of anilines is 1. The number of aromatic nitrogens is 3. The van der Waals surface area contributed by atoms with E-state index >= 15 is 0 Å².